The van der Waals surface area contributed by atoms with E-state index in [2.05, 4.69) is 26.1 Å². The Morgan fingerprint density at radius 3 is 2.67 bits per heavy atom. The lowest BCUT2D eigenvalue weighted by molar-refractivity contribution is 0.417. The van der Waals surface area contributed by atoms with Gasteiger partial charge in [0, 0.05) is 11.6 Å². The molecule has 0 bridgehead atoms. The van der Waals surface area contributed by atoms with E-state index in [-0.39, 0.29) is 0 Å². The van der Waals surface area contributed by atoms with Crippen LogP contribution in [-0.4, -0.2) is 6.54 Å². The molecular weight excluding hydrogens is 150 g/mol. The Balaban J connectivity index is 2.66. The van der Waals surface area contributed by atoms with E-state index in [0.717, 1.165) is 6.54 Å². The Kier molecular flexibility index (Phi) is 3.35. The molecular formula is C10H17NO. The minimum absolute atomic E-state index is 0.425. The molecule has 0 aliphatic heterocycles. The van der Waals surface area contributed by atoms with Gasteiger partial charge in [0.25, 0.3) is 0 Å². The second-order valence-electron chi connectivity index (χ2n) is 3.34. The fourth-order valence-corrected chi connectivity index (χ4v) is 1.41. The van der Waals surface area contributed by atoms with Gasteiger partial charge in [-0.2, -0.15) is 0 Å². The van der Waals surface area contributed by atoms with Crippen molar-refractivity contribution in [2.45, 2.75) is 26.8 Å². The second-order valence-corrected chi connectivity index (χ2v) is 3.34. The van der Waals surface area contributed by atoms with Crippen LogP contribution in [0.15, 0.2) is 23.0 Å². The highest BCUT2D eigenvalue weighted by atomic mass is 16.3. The molecule has 1 unspecified atom stereocenters. The summed E-state index contributed by atoms with van der Waals surface area (Å²) in [4.78, 5) is 0. The van der Waals surface area contributed by atoms with Gasteiger partial charge >= 0.3 is 0 Å². The molecule has 0 radical (unpaired) electrons. The summed E-state index contributed by atoms with van der Waals surface area (Å²) in [6.07, 6.45) is 3.54. The maximum Gasteiger partial charge on any atom is 0.0950 e. The minimum Gasteiger partial charge on any atom is -0.472 e. The highest BCUT2D eigenvalue weighted by molar-refractivity contribution is 5.12. The second kappa shape index (κ2) is 4.31. The third kappa shape index (κ3) is 2.11. The first kappa shape index (κ1) is 9.33. The van der Waals surface area contributed by atoms with Crippen LogP contribution in [0.1, 0.15) is 32.4 Å². The van der Waals surface area contributed by atoms with Crippen LogP contribution in [0.2, 0.25) is 0 Å². The summed E-state index contributed by atoms with van der Waals surface area (Å²) >= 11 is 0. The molecule has 68 valence electrons. The van der Waals surface area contributed by atoms with Crippen LogP contribution < -0.4 is 5.32 Å². The third-order valence-electron chi connectivity index (χ3n) is 1.99. The number of hydrogen-bond donors (Lipinski definition) is 1. The maximum atomic E-state index is 5.05. The molecule has 0 spiro atoms. The van der Waals surface area contributed by atoms with Crippen molar-refractivity contribution in [3.63, 3.8) is 0 Å². The van der Waals surface area contributed by atoms with Crippen molar-refractivity contribution >= 4 is 0 Å². The summed E-state index contributed by atoms with van der Waals surface area (Å²) in [5, 5.41) is 3.42. The smallest absolute Gasteiger partial charge is 0.0950 e. The van der Waals surface area contributed by atoms with Gasteiger partial charge in [-0.05, 0) is 18.5 Å². The van der Waals surface area contributed by atoms with Crippen molar-refractivity contribution in [2.75, 3.05) is 6.54 Å². The Bertz CT molecular complexity index is 204. The molecule has 1 rings (SSSR count). The molecule has 1 atom stereocenters. The van der Waals surface area contributed by atoms with Crippen LogP contribution in [-0.2, 0) is 0 Å². The van der Waals surface area contributed by atoms with E-state index >= 15 is 0 Å². The summed E-state index contributed by atoms with van der Waals surface area (Å²) in [6.45, 7) is 7.53. The summed E-state index contributed by atoms with van der Waals surface area (Å²) in [5.74, 6) is 0.600. The van der Waals surface area contributed by atoms with Gasteiger partial charge in [0.05, 0.1) is 12.5 Å². The molecule has 0 saturated carbocycles. The standard InChI is InChI=1S/C10H17NO/c1-4-11-10(8(2)3)9-5-6-12-7-9/h5-8,10-11H,4H2,1-3H3. The average molecular weight is 167 g/mol. The summed E-state index contributed by atoms with van der Waals surface area (Å²) in [6, 6.07) is 2.45. The molecule has 0 fully saturated rings. The molecule has 12 heavy (non-hydrogen) atoms. The van der Waals surface area contributed by atoms with Crippen LogP contribution in [0.25, 0.3) is 0 Å². The zero-order chi connectivity index (χ0) is 8.97. The molecule has 2 heteroatoms. The normalized spacial score (nSPS) is 13.7. The van der Waals surface area contributed by atoms with Crippen LogP contribution in [0, 0.1) is 5.92 Å². The van der Waals surface area contributed by atoms with Gasteiger partial charge in [0.15, 0.2) is 0 Å². The predicted octanol–water partition coefficient (Wildman–Crippen LogP) is 2.59. The largest absolute Gasteiger partial charge is 0.472 e. The van der Waals surface area contributed by atoms with E-state index in [1.165, 1.54) is 5.56 Å². The summed E-state index contributed by atoms with van der Waals surface area (Å²) in [7, 11) is 0. The summed E-state index contributed by atoms with van der Waals surface area (Å²) < 4.78 is 5.05. The Morgan fingerprint density at radius 1 is 1.50 bits per heavy atom. The van der Waals surface area contributed by atoms with Crippen LogP contribution in [0.5, 0.6) is 0 Å². The molecule has 0 aromatic carbocycles. The molecule has 1 aromatic heterocycles. The topological polar surface area (TPSA) is 25.2 Å². The minimum atomic E-state index is 0.425. The van der Waals surface area contributed by atoms with Crippen LogP contribution in [0.4, 0.5) is 0 Å². The monoisotopic (exact) mass is 167 g/mol. The molecule has 0 saturated heterocycles. The lowest BCUT2D eigenvalue weighted by atomic mass is 9.99. The van der Waals surface area contributed by atoms with E-state index in [4.69, 9.17) is 4.42 Å². The molecule has 0 amide bonds. The van der Waals surface area contributed by atoms with Crippen LogP contribution >= 0.6 is 0 Å². The zero-order valence-electron chi connectivity index (χ0n) is 8.00. The van der Waals surface area contributed by atoms with E-state index in [1.54, 1.807) is 6.26 Å². The fraction of sp³-hybridized carbons (Fsp3) is 0.600. The van der Waals surface area contributed by atoms with Crippen molar-refractivity contribution in [3.05, 3.63) is 24.2 Å². The van der Waals surface area contributed by atoms with E-state index in [9.17, 15) is 0 Å². The third-order valence-corrected chi connectivity index (χ3v) is 1.99. The Morgan fingerprint density at radius 2 is 2.25 bits per heavy atom. The Labute approximate surface area is 74.0 Å². The van der Waals surface area contributed by atoms with Gasteiger partial charge in [-0.25, -0.2) is 0 Å². The van der Waals surface area contributed by atoms with Gasteiger partial charge in [-0.3, -0.25) is 0 Å². The van der Waals surface area contributed by atoms with Gasteiger partial charge in [-0.15, -0.1) is 0 Å². The molecule has 1 heterocycles. The van der Waals surface area contributed by atoms with Gasteiger partial charge in [0.1, 0.15) is 0 Å². The van der Waals surface area contributed by atoms with Crippen molar-refractivity contribution in [2.24, 2.45) is 5.92 Å². The number of hydrogen-bond acceptors (Lipinski definition) is 2. The van der Waals surface area contributed by atoms with E-state index in [1.807, 2.05) is 12.3 Å². The number of rotatable bonds is 4. The highest BCUT2D eigenvalue weighted by Gasteiger charge is 2.14. The van der Waals surface area contributed by atoms with Crippen molar-refractivity contribution in [1.82, 2.24) is 5.32 Å². The molecule has 1 aromatic rings. The molecule has 0 aliphatic rings. The van der Waals surface area contributed by atoms with Gasteiger partial charge in [-0.1, -0.05) is 20.8 Å². The first-order valence-electron chi connectivity index (χ1n) is 4.51. The van der Waals surface area contributed by atoms with Crippen molar-refractivity contribution in [3.8, 4) is 0 Å². The van der Waals surface area contributed by atoms with Crippen molar-refractivity contribution in [1.29, 1.82) is 0 Å². The summed E-state index contributed by atoms with van der Waals surface area (Å²) in [5.41, 5.74) is 1.24. The fourth-order valence-electron chi connectivity index (χ4n) is 1.41. The van der Waals surface area contributed by atoms with Crippen molar-refractivity contribution < 1.29 is 4.42 Å². The lowest BCUT2D eigenvalue weighted by Gasteiger charge is -2.19. The number of furan rings is 1. The Hall–Kier alpha value is -0.760. The first-order valence-corrected chi connectivity index (χ1v) is 4.51. The molecule has 2 nitrogen and oxygen atoms in total. The predicted molar refractivity (Wildman–Crippen MR) is 50.0 cm³/mol. The molecule has 1 N–H and O–H groups in total. The average Bonchev–Trinajstić information content (AvgIpc) is 2.51. The van der Waals surface area contributed by atoms with Crippen LogP contribution in [0.3, 0.4) is 0 Å². The zero-order valence-corrected chi connectivity index (χ0v) is 8.00. The molecule has 0 aliphatic carbocycles. The highest BCUT2D eigenvalue weighted by Crippen LogP contribution is 2.21. The number of nitrogens with one attached hydrogen (secondary N) is 1. The quantitative estimate of drug-likeness (QED) is 0.745. The lowest BCUT2D eigenvalue weighted by Crippen LogP contribution is -2.24. The van der Waals surface area contributed by atoms with E-state index < -0.39 is 0 Å². The maximum absolute atomic E-state index is 5.05. The van der Waals surface area contributed by atoms with Gasteiger partial charge < -0.3 is 9.73 Å². The SMILES string of the molecule is CCNC(c1ccoc1)C(C)C. The van der Waals surface area contributed by atoms with Gasteiger partial charge in [0.2, 0.25) is 0 Å². The van der Waals surface area contributed by atoms with E-state index in [0.29, 0.717) is 12.0 Å². The first-order chi connectivity index (χ1) is 5.75.